The Morgan fingerprint density at radius 2 is 1.91 bits per heavy atom. The summed E-state index contributed by atoms with van der Waals surface area (Å²) < 4.78 is 13.2. The monoisotopic (exact) mass is 476 g/mol. The third-order valence-corrected chi connectivity index (χ3v) is 6.11. The molecule has 0 saturated carbocycles. The van der Waals surface area contributed by atoms with Gasteiger partial charge >= 0.3 is 5.97 Å². The molecule has 0 fully saturated rings. The fraction of sp³-hybridized carbons (Fsp3) is 0.154. The van der Waals surface area contributed by atoms with Crippen molar-refractivity contribution in [2.75, 3.05) is 6.79 Å². The van der Waals surface area contributed by atoms with Crippen LogP contribution in [0.15, 0.2) is 66.9 Å². The summed E-state index contributed by atoms with van der Waals surface area (Å²) in [4.78, 5) is 24.6. The molecule has 1 aliphatic rings. The SMILES string of the molecule is C[C@H](NC(=O)c1cc2c(c3ccn(Cc4cccc(Cl)c4)c13)OCO2)c1ccc(C(=O)O)cc1. The Morgan fingerprint density at radius 1 is 1.12 bits per heavy atom. The third-order valence-electron chi connectivity index (χ3n) is 5.87. The normalized spacial score (nSPS) is 13.1. The number of nitrogens with zero attached hydrogens (tertiary/aromatic N) is 1. The molecule has 2 N–H and O–H groups in total. The predicted molar refractivity (Wildman–Crippen MR) is 128 cm³/mol. The lowest BCUT2D eigenvalue weighted by Gasteiger charge is -2.17. The van der Waals surface area contributed by atoms with E-state index in [9.17, 15) is 9.59 Å². The van der Waals surface area contributed by atoms with Crippen LogP contribution in [-0.4, -0.2) is 28.3 Å². The number of aromatic carboxylic acids is 1. The van der Waals surface area contributed by atoms with Gasteiger partial charge in [0.25, 0.3) is 5.91 Å². The number of amides is 1. The third kappa shape index (κ3) is 4.06. The molecule has 0 aliphatic carbocycles. The fourth-order valence-electron chi connectivity index (χ4n) is 4.17. The van der Waals surface area contributed by atoms with E-state index in [4.69, 9.17) is 26.2 Å². The van der Waals surface area contributed by atoms with Gasteiger partial charge in [0.1, 0.15) is 0 Å². The van der Waals surface area contributed by atoms with E-state index in [1.165, 1.54) is 12.1 Å². The highest BCUT2D eigenvalue weighted by atomic mass is 35.5. The first-order valence-corrected chi connectivity index (χ1v) is 11.1. The van der Waals surface area contributed by atoms with Gasteiger partial charge in [-0.15, -0.1) is 0 Å². The van der Waals surface area contributed by atoms with Crippen molar-refractivity contribution in [1.29, 1.82) is 0 Å². The summed E-state index contributed by atoms with van der Waals surface area (Å²) in [7, 11) is 0. The number of fused-ring (bicyclic) bond motifs is 3. The van der Waals surface area contributed by atoms with Gasteiger partial charge in [-0.25, -0.2) is 4.79 Å². The molecule has 2 heterocycles. The molecule has 7 nitrogen and oxygen atoms in total. The Hall–Kier alpha value is -3.97. The number of benzene rings is 3. The van der Waals surface area contributed by atoms with Crippen LogP contribution in [0.4, 0.5) is 0 Å². The molecule has 8 heteroatoms. The molecule has 172 valence electrons. The Morgan fingerprint density at radius 3 is 2.65 bits per heavy atom. The van der Waals surface area contributed by atoms with E-state index >= 15 is 0 Å². The van der Waals surface area contributed by atoms with E-state index in [0.29, 0.717) is 28.6 Å². The van der Waals surface area contributed by atoms with Crippen molar-refractivity contribution in [3.63, 3.8) is 0 Å². The molecule has 1 aromatic heterocycles. The maximum absolute atomic E-state index is 13.4. The second-order valence-electron chi connectivity index (χ2n) is 8.12. The van der Waals surface area contributed by atoms with Crippen LogP contribution in [0, 0.1) is 0 Å². The van der Waals surface area contributed by atoms with E-state index in [2.05, 4.69) is 5.32 Å². The molecule has 3 aromatic carbocycles. The summed E-state index contributed by atoms with van der Waals surface area (Å²) in [6, 6.07) is 17.3. The maximum atomic E-state index is 13.4. The number of nitrogens with one attached hydrogen (secondary N) is 1. The first-order valence-electron chi connectivity index (χ1n) is 10.7. The van der Waals surface area contributed by atoms with Crippen LogP contribution in [0.5, 0.6) is 11.5 Å². The van der Waals surface area contributed by atoms with Crippen molar-refractivity contribution in [3.05, 3.63) is 94.1 Å². The number of aromatic nitrogens is 1. The lowest BCUT2D eigenvalue weighted by Crippen LogP contribution is -2.27. The van der Waals surface area contributed by atoms with E-state index in [-0.39, 0.29) is 24.3 Å². The van der Waals surface area contributed by atoms with Gasteiger partial charge in [0.2, 0.25) is 6.79 Å². The molecule has 0 saturated heterocycles. The molecule has 34 heavy (non-hydrogen) atoms. The van der Waals surface area contributed by atoms with Gasteiger partial charge in [0, 0.05) is 23.2 Å². The zero-order chi connectivity index (χ0) is 23.8. The van der Waals surface area contributed by atoms with Crippen LogP contribution in [0.3, 0.4) is 0 Å². The molecule has 0 radical (unpaired) electrons. The second kappa shape index (κ2) is 8.76. The van der Waals surface area contributed by atoms with Gasteiger partial charge in [-0.2, -0.15) is 0 Å². The average Bonchev–Trinajstić information content (AvgIpc) is 3.45. The Labute approximate surface area is 200 Å². The van der Waals surface area contributed by atoms with Crippen LogP contribution >= 0.6 is 11.6 Å². The summed E-state index contributed by atoms with van der Waals surface area (Å²) in [5, 5.41) is 13.6. The molecule has 4 aromatic rings. The minimum Gasteiger partial charge on any atom is -0.478 e. The maximum Gasteiger partial charge on any atom is 0.335 e. The van der Waals surface area contributed by atoms with Crippen molar-refractivity contribution < 1.29 is 24.2 Å². The van der Waals surface area contributed by atoms with Crippen molar-refractivity contribution in [2.24, 2.45) is 0 Å². The number of ether oxygens (including phenoxy) is 2. The fourth-order valence-corrected chi connectivity index (χ4v) is 4.38. The van der Waals surface area contributed by atoms with Gasteiger partial charge in [-0.3, -0.25) is 4.79 Å². The number of rotatable bonds is 6. The number of carboxylic acid groups (broad SMARTS) is 1. The highest BCUT2D eigenvalue weighted by Crippen LogP contribution is 2.42. The van der Waals surface area contributed by atoms with Gasteiger partial charge in [-0.05, 0) is 54.4 Å². The minimum absolute atomic E-state index is 0.0985. The lowest BCUT2D eigenvalue weighted by atomic mass is 10.0. The minimum atomic E-state index is -0.994. The summed E-state index contributed by atoms with van der Waals surface area (Å²) in [6.07, 6.45) is 1.92. The summed E-state index contributed by atoms with van der Waals surface area (Å²) in [5.74, 6) is -0.124. The average molecular weight is 477 g/mol. The lowest BCUT2D eigenvalue weighted by molar-refractivity contribution is 0.0696. The number of carbonyl (C=O) groups excluding carboxylic acids is 1. The topological polar surface area (TPSA) is 89.8 Å². The zero-order valence-electron chi connectivity index (χ0n) is 18.2. The van der Waals surface area contributed by atoms with E-state index in [0.717, 1.165) is 22.0 Å². The Bertz CT molecular complexity index is 1410. The quantitative estimate of drug-likeness (QED) is 0.396. The molecule has 1 atom stereocenters. The van der Waals surface area contributed by atoms with Gasteiger partial charge < -0.3 is 24.5 Å². The molecule has 5 rings (SSSR count). The number of halogens is 1. The standard InChI is InChI=1S/C26H21ClN2O5/c1-15(17-5-7-18(8-6-17)26(31)32)28-25(30)21-12-22-24(34-14-33-22)20-9-10-29(23(20)21)13-16-3-2-4-19(27)11-16/h2-12,15H,13-14H2,1H3,(H,28,30)(H,31,32)/t15-/m0/s1. The highest BCUT2D eigenvalue weighted by molar-refractivity contribution is 6.30. The molecular formula is C26H21ClN2O5. The molecule has 0 bridgehead atoms. The summed E-state index contributed by atoms with van der Waals surface area (Å²) in [5.41, 5.74) is 3.18. The first-order chi connectivity index (χ1) is 16.4. The second-order valence-corrected chi connectivity index (χ2v) is 8.55. The number of carboxylic acids is 1. The van der Waals surface area contributed by atoms with Crippen molar-refractivity contribution in [3.8, 4) is 11.5 Å². The molecule has 1 aliphatic heterocycles. The summed E-state index contributed by atoms with van der Waals surface area (Å²) >= 11 is 6.16. The Balaban J connectivity index is 1.50. The van der Waals surface area contributed by atoms with E-state index in [1.807, 2.05) is 48.0 Å². The van der Waals surface area contributed by atoms with Gasteiger partial charge in [0.15, 0.2) is 11.5 Å². The van der Waals surface area contributed by atoms with Crippen LogP contribution in [0.2, 0.25) is 5.02 Å². The molecular weight excluding hydrogens is 456 g/mol. The molecule has 1 amide bonds. The predicted octanol–water partition coefficient (Wildman–Crippen LogP) is 5.26. The molecule has 0 unspecified atom stereocenters. The highest BCUT2D eigenvalue weighted by Gasteiger charge is 2.25. The van der Waals surface area contributed by atoms with Crippen LogP contribution in [0.1, 0.15) is 44.8 Å². The van der Waals surface area contributed by atoms with Crippen molar-refractivity contribution >= 4 is 34.4 Å². The Kier molecular flexibility index (Phi) is 5.63. The van der Waals surface area contributed by atoms with Gasteiger partial charge in [0.05, 0.1) is 22.7 Å². The van der Waals surface area contributed by atoms with E-state index in [1.54, 1.807) is 18.2 Å². The van der Waals surface area contributed by atoms with Crippen molar-refractivity contribution in [2.45, 2.75) is 19.5 Å². The first kappa shape index (κ1) is 21.9. The number of carbonyl (C=O) groups is 2. The van der Waals surface area contributed by atoms with Crippen molar-refractivity contribution in [1.82, 2.24) is 9.88 Å². The molecule has 0 spiro atoms. The van der Waals surface area contributed by atoms with Gasteiger partial charge in [-0.1, -0.05) is 35.9 Å². The zero-order valence-corrected chi connectivity index (χ0v) is 19.0. The van der Waals surface area contributed by atoms with E-state index < -0.39 is 5.97 Å². The smallest absolute Gasteiger partial charge is 0.335 e. The summed E-state index contributed by atoms with van der Waals surface area (Å²) in [6.45, 7) is 2.47. The number of hydrogen-bond donors (Lipinski definition) is 2. The van der Waals surface area contributed by atoms with Crippen LogP contribution in [0.25, 0.3) is 10.9 Å². The van der Waals surface area contributed by atoms with Crippen LogP contribution in [-0.2, 0) is 6.54 Å². The number of hydrogen-bond acceptors (Lipinski definition) is 4. The largest absolute Gasteiger partial charge is 0.478 e. The van der Waals surface area contributed by atoms with Crippen LogP contribution < -0.4 is 14.8 Å².